The van der Waals surface area contributed by atoms with E-state index in [1.54, 1.807) is 29.5 Å². The molecule has 20 heavy (non-hydrogen) atoms. The van der Waals surface area contributed by atoms with Gasteiger partial charge in [0.25, 0.3) is 0 Å². The third kappa shape index (κ3) is 2.60. The van der Waals surface area contributed by atoms with Crippen molar-refractivity contribution in [3.8, 4) is 0 Å². The van der Waals surface area contributed by atoms with Crippen molar-refractivity contribution in [1.29, 1.82) is 0 Å². The van der Waals surface area contributed by atoms with E-state index < -0.39 is 5.97 Å². The molecular weight excluding hydrogens is 270 g/mol. The summed E-state index contributed by atoms with van der Waals surface area (Å²) in [6, 6.07) is 10.8. The normalized spacial score (nSPS) is 11.2. The zero-order valence-corrected chi connectivity index (χ0v) is 11.3. The first-order valence-corrected chi connectivity index (χ1v) is 7.01. The molecule has 0 unspecified atom stereocenters. The van der Waals surface area contributed by atoms with E-state index in [1.165, 1.54) is 0 Å². The van der Waals surface area contributed by atoms with Gasteiger partial charge < -0.3 is 5.11 Å². The molecule has 0 atom stereocenters. The highest BCUT2D eigenvalue weighted by atomic mass is 32.1. The van der Waals surface area contributed by atoms with E-state index in [-0.39, 0.29) is 5.56 Å². The van der Waals surface area contributed by atoms with E-state index in [4.69, 9.17) is 5.11 Å². The van der Waals surface area contributed by atoms with E-state index >= 15 is 0 Å². The smallest absolute Gasteiger partial charge is 0.335 e. The molecule has 0 bridgehead atoms. The number of carboxylic acids is 1. The Kier molecular flexibility index (Phi) is 3.31. The Morgan fingerprint density at radius 2 is 2.05 bits per heavy atom. The molecule has 3 rings (SSSR count). The molecule has 0 aliphatic carbocycles. The van der Waals surface area contributed by atoms with Gasteiger partial charge in [0, 0.05) is 5.39 Å². The summed E-state index contributed by atoms with van der Waals surface area (Å²) in [6.07, 6.45) is 3.96. The van der Waals surface area contributed by atoms with Gasteiger partial charge in [-0.05, 0) is 52.7 Å². The molecule has 1 N–H and O–H groups in total. The van der Waals surface area contributed by atoms with Gasteiger partial charge in [0.05, 0.1) is 16.8 Å². The summed E-state index contributed by atoms with van der Waals surface area (Å²) in [5.41, 5.74) is 3.08. The standard InChI is InChI=1S/C16H11NO2S/c18-16(19)13-3-6-15-12(9-13)2-5-14(17-15)4-1-11-7-8-20-10-11/h1-10H,(H,18,19). The monoisotopic (exact) mass is 281 g/mol. The van der Waals surface area contributed by atoms with Crippen LogP contribution in [0.5, 0.6) is 0 Å². The zero-order valence-electron chi connectivity index (χ0n) is 10.5. The highest BCUT2D eigenvalue weighted by molar-refractivity contribution is 7.08. The number of carboxylic acid groups (broad SMARTS) is 1. The number of aromatic nitrogens is 1. The van der Waals surface area contributed by atoms with Crippen LogP contribution in [0.2, 0.25) is 0 Å². The van der Waals surface area contributed by atoms with Crippen molar-refractivity contribution >= 4 is 40.4 Å². The molecule has 3 aromatic rings. The minimum atomic E-state index is -0.923. The van der Waals surface area contributed by atoms with E-state index in [2.05, 4.69) is 10.4 Å². The van der Waals surface area contributed by atoms with Gasteiger partial charge in [-0.25, -0.2) is 9.78 Å². The maximum Gasteiger partial charge on any atom is 0.335 e. The first-order valence-electron chi connectivity index (χ1n) is 6.07. The highest BCUT2D eigenvalue weighted by Gasteiger charge is 2.04. The average Bonchev–Trinajstić information content (AvgIpc) is 2.97. The molecule has 98 valence electrons. The van der Waals surface area contributed by atoms with E-state index in [9.17, 15) is 4.79 Å². The maximum atomic E-state index is 10.9. The second kappa shape index (κ2) is 5.27. The number of hydrogen-bond acceptors (Lipinski definition) is 3. The minimum absolute atomic E-state index is 0.279. The Labute approximate surface area is 119 Å². The molecule has 2 aromatic heterocycles. The number of aromatic carboxylic acids is 1. The number of benzene rings is 1. The van der Waals surface area contributed by atoms with E-state index in [0.717, 1.165) is 22.2 Å². The number of pyridine rings is 1. The van der Waals surface area contributed by atoms with Gasteiger partial charge in [0.15, 0.2) is 0 Å². The Balaban J connectivity index is 1.95. The summed E-state index contributed by atoms with van der Waals surface area (Å²) in [5, 5.41) is 13.9. The Morgan fingerprint density at radius 1 is 1.15 bits per heavy atom. The second-order valence-corrected chi connectivity index (χ2v) is 5.12. The number of fused-ring (bicyclic) bond motifs is 1. The lowest BCUT2D eigenvalue weighted by molar-refractivity contribution is 0.0697. The van der Waals surface area contributed by atoms with Gasteiger partial charge in [-0.15, -0.1) is 0 Å². The van der Waals surface area contributed by atoms with Crippen molar-refractivity contribution in [2.45, 2.75) is 0 Å². The van der Waals surface area contributed by atoms with Crippen molar-refractivity contribution in [2.75, 3.05) is 0 Å². The molecular formula is C16H11NO2S. The van der Waals surface area contributed by atoms with Crippen LogP contribution in [0.25, 0.3) is 23.1 Å². The molecule has 0 spiro atoms. The maximum absolute atomic E-state index is 10.9. The Hall–Kier alpha value is -2.46. The number of nitrogens with zero attached hydrogens (tertiary/aromatic N) is 1. The van der Waals surface area contributed by atoms with Crippen molar-refractivity contribution in [3.63, 3.8) is 0 Å². The van der Waals surface area contributed by atoms with Crippen LogP contribution in [0, 0.1) is 0 Å². The molecule has 0 fully saturated rings. The first kappa shape index (κ1) is 12.6. The Morgan fingerprint density at radius 3 is 2.80 bits per heavy atom. The fraction of sp³-hybridized carbons (Fsp3) is 0. The number of hydrogen-bond donors (Lipinski definition) is 1. The minimum Gasteiger partial charge on any atom is -0.478 e. The molecule has 0 saturated heterocycles. The van der Waals surface area contributed by atoms with Crippen LogP contribution in [0.1, 0.15) is 21.6 Å². The number of carbonyl (C=O) groups is 1. The lowest BCUT2D eigenvalue weighted by Gasteiger charge is -2.00. The molecule has 4 heteroatoms. The van der Waals surface area contributed by atoms with Gasteiger partial charge in [-0.2, -0.15) is 11.3 Å². The summed E-state index contributed by atoms with van der Waals surface area (Å²) < 4.78 is 0. The number of rotatable bonds is 3. The molecule has 3 nitrogen and oxygen atoms in total. The van der Waals surface area contributed by atoms with Crippen LogP contribution in [0.15, 0.2) is 47.2 Å². The largest absolute Gasteiger partial charge is 0.478 e. The van der Waals surface area contributed by atoms with Crippen LogP contribution in [-0.4, -0.2) is 16.1 Å². The summed E-state index contributed by atoms with van der Waals surface area (Å²) in [6.45, 7) is 0. The summed E-state index contributed by atoms with van der Waals surface area (Å²) in [7, 11) is 0. The third-order valence-corrected chi connectivity index (χ3v) is 3.65. The van der Waals surface area contributed by atoms with Gasteiger partial charge in [-0.1, -0.05) is 12.1 Å². The summed E-state index contributed by atoms with van der Waals surface area (Å²) in [4.78, 5) is 15.4. The molecule has 1 aromatic carbocycles. The first-order chi connectivity index (χ1) is 9.72. The molecule has 0 saturated carbocycles. The molecule has 0 amide bonds. The summed E-state index contributed by atoms with van der Waals surface area (Å²) in [5.74, 6) is -0.923. The van der Waals surface area contributed by atoms with Gasteiger partial charge in [0.1, 0.15) is 0 Å². The lowest BCUT2D eigenvalue weighted by atomic mass is 10.1. The quantitative estimate of drug-likeness (QED) is 0.784. The van der Waals surface area contributed by atoms with E-state index in [1.807, 2.05) is 35.7 Å². The Bertz CT molecular complexity index is 791. The lowest BCUT2D eigenvalue weighted by Crippen LogP contribution is -1.95. The van der Waals surface area contributed by atoms with Crippen LogP contribution in [-0.2, 0) is 0 Å². The van der Waals surface area contributed by atoms with Crippen LogP contribution >= 0.6 is 11.3 Å². The topological polar surface area (TPSA) is 50.2 Å². The van der Waals surface area contributed by atoms with Crippen molar-refractivity contribution in [3.05, 3.63) is 64.0 Å². The molecule has 0 aliphatic heterocycles. The average molecular weight is 281 g/mol. The fourth-order valence-electron chi connectivity index (χ4n) is 1.92. The molecule has 2 heterocycles. The number of thiophene rings is 1. The second-order valence-electron chi connectivity index (χ2n) is 4.34. The highest BCUT2D eigenvalue weighted by Crippen LogP contribution is 2.17. The summed E-state index contributed by atoms with van der Waals surface area (Å²) >= 11 is 1.65. The van der Waals surface area contributed by atoms with Crippen LogP contribution in [0.4, 0.5) is 0 Å². The zero-order chi connectivity index (χ0) is 13.9. The molecule has 0 radical (unpaired) electrons. The van der Waals surface area contributed by atoms with Crippen molar-refractivity contribution in [2.24, 2.45) is 0 Å². The van der Waals surface area contributed by atoms with Crippen LogP contribution < -0.4 is 0 Å². The van der Waals surface area contributed by atoms with Crippen molar-refractivity contribution < 1.29 is 9.90 Å². The van der Waals surface area contributed by atoms with Crippen LogP contribution in [0.3, 0.4) is 0 Å². The predicted octanol–water partition coefficient (Wildman–Crippen LogP) is 4.16. The van der Waals surface area contributed by atoms with Gasteiger partial charge in [0.2, 0.25) is 0 Å². The van der Waals surface area contributed by atoms with E-state index in [0.29, 0.717) is 0 Å². The van der Waals surface area contributed by atoms with Gasteiger partial charge >= 0.3 is 5.97 Å². The third-order valence-electron chi connectivity index (χ3n) is 2.95. The predicted molar refractivity (Wildman–Crippen MR) is 81.9 cm³/mol. The fourth-order valence-corrected chi connectivity index (χ4v) is 2.55. The SMILES string of the molecule is O=C(O)c1ccc2nc(C=Cc3ccsc3)ccc2c1. The van der Waals surface area contributed by atoms with Gasteiger partial charge in [-0.3, -0.25) is 0 Å². The van der Waals surface area contributed by atoms with Crippen molar-refractivity contribution in [1.82, 2.24) is 4.98 Å². The molecule has 0 aliphatic rings.